The van der Waals surface area contributed by atoms with Crippen molar-refractivity contribution in [3.05, 3.63) is 54.3 Å². The third-order valence-electron chi connectivity index (χ3n) is 9.41. The van der Waals surface area contributed by atoms with E-state index >= 15 is 0 Å². The Bertz CT molecular complexity index is 1350. The third-order valence-corrected chi connectivity index (χ3v) is 9.41. The summed E-state index contributed by atoms with van der Waals surface area (Å²) < 4.78 is 46.4. The van der Waals surface area contributed by atoms with Crippen LogP contribution in [0, 0.1) is 11.8 Å². The number of ether oxygens (including phenoxy) is 8. The largest absolute Gasteiger partial charge is 0.472 e. The molecule has 5 aliphatic rings. The molecule has 0 radical (unpaired) electrons. The summed E-state index contributed by atoms with van der Waals surface area (Å²) in [6.07, 6.45) is -11.4. The fourth-order valence-corrected chi connectivity index (χ4v) is 6.95. The standard InChI is InChI=1S/C32H40O16/c1-14-25(43-15(2)35)24(40)27(45-19(36)9-8-16-6-4-3-5-7-16)31(42-14)46-26-17-10-11-41-29(20(17)32(13-34)28(26)48-32)47-30-23(39)22(38)21(37)18(12-33)44-30/h3-11,14,17-18,20-31,33-34,37-40H,12-13H2,1-2H3/b9-8+/t14-,17+,18+,20+,21+,22-,23+,24+,25-,26-,27+,28-,29-,30-,31-,32+/m0/s1. The van der Waals surface area contributed by atoms with Crippen LogP contribution in [0.2, 0.25) is 0 Å². The van der Waals surface area contributed by atoms with Crippen LogP contribution in [0.4, 0.5) is 0 Å². The fraction of sp³-hybridized carbons (Fsp3) is 0.625. The van der Waals surface area contributed by atoms with E-state index in [1.807, 2.05) is 6.07 Å². The minimum Gasteiger partial charge on any atom is -0.472 e. The van der Waals surface area contributed by atoms with Crippen LogP contribution in [-0.4, -0.2) is 141 Å². The first kappa shape index (κ1) is 34.8. The van der Waals surface area contributed by atoms with Crippen LogP contribution in [0.5, 0.6) is 0 Å². The molecular formula is C32H40O16. The summed E-state index contributed by atoms with van der Waals surface area (Å²) in [4.78, 5) is 24.8. The van der Waals surface area contributed by atoms with Crippen LogP contribution in [-0.2, 0) is 47.5 Å². The second kappa shape index (κ2) is 14.1. The number of carbonyl (C=O) groups is 2. The second-order valence-electron chi connectivity index (χ2n) is 12.4. The van der Waals surface area contributed by atoms with Crippen molar-refractivity contribution in [2.75, 3.05) is 13.2 Å². The molecule has 0 spiro atoms. The molecule has 48 heavy (non-hydrogen) atoms. The lowest BCUT2D eigenvalue weighted by Gasteiger charge is -2.44. The van der Waals surface area contributed by atoms with Gasteiger partial charge in [-0.2, -0.15) is 0 Å². The van der Waals surface area contributed by atoms with Crippen LogP contribution in [0.25, 0.3) is 6.08 Å². The summed E-state index contributed by atoms with van der Waals surface area (Å²) in [7, 11) is 0. The number of epoxide rings is 1. The number of hydrogen-bond acceptors (Lipinski definition) is 16. The minimum atomic E-state index is -1.71. The summed E-state index contributed by atoms with van der Waals surface area (Å²) in [5.41, 5.74) is -0.521. The summed E-state index contributed by atoms with van der Waals surface area (Å²) in [6, 6.07) is 8.97. The van der Waals surface area contributed by atoms with Gasteiger partial charge in [0.05, 0.1) is 37.6 Å². The van der Waals surface area contributed by atoms with Crippen molar-refractivity contribution in [3.8, 4) is 0 Å². The van der Waals surface area contributed by atoms with Gasteiger partial charge in [0.1, 0.15) is 42.2 Å². The van der Waals surface area contributed by atoms with Crippen molar-refractivity contribution < 1.29 is 78.1 Å². The first-order valence-corrected chi connectivity index (χ1v) is 15.7. The molecule has 0 aromatic heterocycles. The highest BCUT2D eigenvalue weighted by molar-refractivity contribution is 5.87. The van der Waals surface area contributed by atoms with E-state index < -0.39 is 122 Å². The molecule has 0 amide bonds. The van der Waals surface area contributed by atoms with Crippen molar-refractivity contribution in [2.45, 2.75) is 99.4 Å². The molecule has 3 saturated heterocycles. The molecule has 6 N–H and O–H groups in total. The third kappa shape index (κ3) is 6.50. The summed E-state index contributed by atoms with van der Waals surface area (Å²) >= 11 is 0. The van der Waals surface area contributed by atoms with E-state index in [9.17, 15) is 40.2 Å². The predicted molar refractivity (Wildman–Crippen MR) is 157 cm³/mol. The van der Waals surface area contributed by atoms with Gasteiger partial charge in [-0.25, -0.2) is 4.79 Å². The zero-order chi connectivity index (χ0) is 34.3. The van der Waals surface area contributed by atoms with Gasteiger partial charge in [0.15, 0.2) is 24.8 Å². The minimum absolute atomic E-state index is 0.494. The molecule has 4 aliphatic heterocycles. The molecule has 4 heterocycles. The van der Waals surface area contributed by atoms with Crippen molar-refractivity contribution in [3.63, 3.8) is 0 Å². The molecule has 0 bridgehead atoms. The molecule has 264 valence electrons. The summed E-state index contributed by atoms with van der Waals surface area (Å²) in [6.45, 7) is 1.57. The SMILES string of the molecule is CC(=O)O[C@@H]1[C@@H](O)[C@@H](OC(=O)/C=C/c2ccccc2)[C@H](O[C@H]2[C@@H]3C=CO[C@@H](O[C@@H]4O[C@H](CO)[C@@H](O)[C@H](O)[C@H]4O)[C@@H]3[C@@]3(CO)O[C@@H]23)O[C@H]1C. The smallest absolute Gasteiger partial charge is 0.331 e. The number of rotatable bonds is 10. The fourth-order valence-electron chi connectivity index (χ4n) is 6.95. The van der Waals surface area contributed by atoms with E-state index in [4.69, 9.17) is 37.9 Å². The van der Waals surface area contributed by atoms with Gasteiger partial charge in [-0.15, -0.1) is 0 Å². The van der Waals surface area contributed by atoms with Crippen molar-refractivity contribution in [1.82, 2.24) is 0 Å². The van der Waals surface area contributed by atoms with Crippen LogP contribution in [0.1, 0.15) is 19.4 Å². The number of esters is 2. The molecule has 0 unspecified atom stereocenters. The maximum absolute atomic E-state index is 12.9. The van der Waals surface area contributed by atoms with E-state index in [1.54, 1.807) is 37.3 Å². The van der Waals surface area contributed by atoms with Crippen LogP contribution in [0.15, 0.2) is 48.7 Å². The Morgan fingerprint density at radius 3 is 2.31 bits per heavy atom. The molecule has 1 aliphatic carbocycles. The van der Waals surface area contributed by atoms with E-state index in [1.165, 1.54) is 25.3 Å². The molecule has 16 nitrogen and oxygen atoms in total. The number of hydrogen-bond donors (Lipinski definition) is 6. The first-order valence-electron chi connectivity index (χ1n) is 15.7. The van der Waals surface area contributed by atoms with Gasteiger partial charge in [0.2, 0.25) is 6.29 Å². The van der Waals surface area contributed by atoms with Crippen LogP contribution >= 0.6 is 0 Å². The van der Waals surface area contributed by atoms with Crippen molar-refractivity contribution >= 4 is 18.0 Å². The number of fused-ring (bicyclic) bond motifs is 3. The van der Waals surface area contributed by atoms with Gasteiger partial charge in [-0.1, -0.05) is 30.3 Å². The Labute approximate surface area is 275 Å². The van der Waals surface area contributed by atoms with Crippen LogP contribution in [0.3, 0.4) is 0 Å². The Balaban J connectivity index is 1.22. The highest BCUT2D eigenvalue weighted by Crippen LogP contribution is 2.61. The zero-order valence-electron chi connectivity index (χ0n) is 26.0. The Hall–Kier alpha value is -3.00. The molecule has 16 atom stereocenters. The number of carbonyl (C=O) groups excluding carboxylic acids is 2. The maximum atomic E-state index is 12.9. The second-order valence-corrected chi connectivity index (χ2v) is 12.4. The van der Waals surface area contributed by atoms with E-state index in [0.717, 1.165) is 5.56 Å². The van der Waals surface area contributed by atoms with E-state index in [0.29, 0.717) is 0 Å². The first-order chi connectivity index (χ1) is 23.0. The molecule has 1 saturated carbocycles. The maximum Gasteiger partial charge on any atom is 0.331 e. The number of aliphatic hydroxyl groups excluding tert-OH is 6. The number of aliphatic hydroxyl groups is 6. The lowest BCUT2D eigenvalue weighted by molar-refractivity contribution is -0.347. The van der Waals surface area contributed by atoms with Gasteiger partial charge in [-0.3, -0.25) is 4.79 Å². The quantitative estimate of drug-likeness (QED) is 0.0900. The Morgan fingerprint density at radius 1 is 0.875 bits per heavy atom. The highest BCUT2D eigenvalue weighted by Gasteiger charge is 2.77. The Morgan fingerprint density at radius 2 is 1.62 bits per heavy atom. The van der Waals surface area contributed by atoms with E-state index in [2.05, 4.69) is 0 Å². The molecule has 1 aromatic carbocycles. The summed E-state index contributed by atoms with van der Waals surface area (Å²) in [5.74, 6) is -2.87. The molecule has 4 fully saturated rings. The predicted octanol–water partition coefficient (Wildman–Crippen LogP) is -1.90. The van der Waals surface area contributed by atoms with Gasteiger partial charge >= 0.3 is 11.9 Å². The average Bonchev–Trinajstić information content (AvgIpc) is 3.75. The number of benzene rings is 1. The lowest BCUT2D eigenvalue weighted by atomic mass is 9.85. The van der Waals surface area contributed by atoms with Crippen molar-refractivity contribution in [2.24, 2.45) is 11.8 Å². The van der Waals surface area contributed by atoms with Crippen LogP contribution < -0.4 is 0 Å². The van der Waals surface area contributed by atoms with Gasteiger partial charge < -0.3 is 68.5 Å². The normalized spacial score (nSPS) is 44.8. The molecule has 6 rings (SSSR count). The summed E-state index contributed by atoms with van der Waals surface area (Å²) in [5, 5.41) is 62.3. The zero-order valence-corrected chi connectivity index (χ0v) is 26.0. The lowest BCUT2D eigenvalue weighted by Crippen LogP contribution is -2.61. The average molecular weight is 681 g/mol. The topological polar surface area (TPSA) is 233 Å². The van der Waals surface area contributed by atoms with Gasteiger partial charge in [-0.05, 0) is 24.6 Å². The monoisotopic (exact) mass is 680 g/mol. The van der Waals surface area contributed by atoms with Crippen molar-refractivity contribution in [1.29, 1.82) is 0 Å². The van der Waals surface area contributed by atoms with E-state index in [-0.39, 0.29) is 0 Å². The van der Waals surface area contributed by atoms with Gasteiger partial charge in [0.25, 0.3) is 0 Å². The van der Waals surface area contributed by atoms with Gasteiger partial charge in [0, 0.05) is 18.9 Å². The Kier molecular flexibility index (Phi) is 10.2. The highest BCUT2D eigenvalue weighted by atomic mass is 16.8. The molecule has 1 aromatic rings. The molecule has 16 heteroatoms. The molecular weight excluding hydrogens is 640 g/mol.